The smallest absolute Gasteiger partial charge is 0.120 e. The SMILES string of the molecule is CCC(c1ccccc1O)N(C)C(C)COC. The van der Waals surface area contributed by atoms with E-state index in [-0.39, 0.29) is 6.04 Å². The number of nitrogens with zero attached hydrogens (tertiary/aromatic N) is 1. The molecule has 0 aliphatic rings. The molecule has 2 atom stereocenters. The number of hydrogen-bond donors (Lipinski definition) is 1. The van der Waals surface area contributed by atoms with Crippen LogP contribution in [0.5, 0.6) is 5.75 Å². The molecule has 0 saturated heterocycles. The van der Waals surface area contributed by atoms with E-state index >= 15 is 0 Å². The van der Waals surface area contributed by atoms with Crippen LogP contribution in [-0.2, 0) is 4.74 Å². The van der Waals surface area contributed by atoms with E-state index in [1.807, 2.05) is 18.2 Å². The highest BCUT2D eigenvalue weighted by molar-refractivity contribution is 5.34. The number of para-hydroxylation sites is 1. The van der Waals surface area contributed by atoms with Gasteiger partial charge in [0.1, 0.15) is 5.75 Å². The third-order valence-corrected chi connectivity index (χ3v) is 3.28. The quantitative estimate of drug-likeness (QED) is 0.825. The molecule has 2 unspecified atom stereocenters. The Labute approximate surface area is 104 Å². The second-order valence-electron chi connectivity index (χ2n) is 4.45. The highest BCUT2D eigenvalue weighted by atomic mass is 16.5. The van der Waals surface area contributed by atoms with E-state index < -0.39 is 0 Å². The fourth-order valence-electron chi connectivity index (χ4n) is 2.16. The van der Waals surface area contributed by atoms with E-state index in [0.29, 0.717) is 18.4 Å². The summed E-state index contributed by atoms with van der Waals surface area (Å²) in [5, 5.41) is 9.91. The Morgan fingerprint density at radius 1 is 1.35 bits per heavy atom. The van der Waals surface area contributed by atoms with Gasteiger partial charge in [0, 0.05) is 24.8 Å². The number of methoxy groups -OCH3 is 1. The minimum absolute atomic E-state index is 0.223. The standard InChI is InChI=1S/C14H23NO2/c1-5-13(15(3)11(2)10-17-4)12-8-6-7-9-14(12)16/h6-9,11,13,16H,5,10H2,1-4H3. The summed E-state index contributed by atoms with van der Waals surface area (Å²) < 4.78 is 5.18. The Morgan fingerprint density at radius 3 is 2.53 bits per heavy atom. The third kappa shape index (κ3) is 3.45. The van der Waals surface area contributed by atoms with Crippen molar-refractivity contribution in [1.29, 1.82) is 0 Å². The lowest BCUT2D eigenvalue weighted by atomic mass is 10.0. The van der Waals surface area contributed by atoms with Crippen molar-refractivity contribution in [2.45, 2.75) is 32.4 Å². The van der Waals surface area contributed by atoms with E-state index in [1.54, 1.807) is 13.2 Å². The largest absolute Gasteiger partial charge is 0.508 e. The predicted octanol–water partition coefficient (Wildman–Crippen LogP) is 2.81. The molecule has 0 radical (unpaired) electrons. The first-order valence-corrected chi connectivity index (χ1v) is 6.10. The van der Waals surface area contributed by atoms with Crippen LogP contribution in [0.15, 0.2) is 24.3 Å². The average molecular weight is 237 g/mol. The summed E-state index contributed by atoms with van der Waals surface area (Å²) in [4.78, 5) is 2.25. The molecule has 1 N–H and O–H groups in total. The van der Waals surface area contributed by atoms with Gasteiger partial charge in [-0.2, -0.15) is 0 Å². The number of hydrogen-bond acceptors (Lipinski definition) is 3. The van der Waals surface area contributed by atoms with E-state index in [2.05, 4.69) is 25.8 Å². The summed E-state index contributed by atoms with van der Waals surface area (Å²) in [5.41, 5.74) is 0.987. The number of aromatic hydroxyl groups is 1. The normalized spacial score (nSPS) is 14.9. The molecule has 1 aromatic rings. The number of rotatable bonds is 6. The summed E-state index contributed by atoms with van der Waals surface area (Å²) in [6.45, 7) is 4.96. The fraction of sp³-hybridized carbons (Fsp3) is 0.571. The Morgan fingerprint density at radius 2 is 2.00 bits per heavy atom. The van der Waals surface area contributed by atoms with Crippen LogP contribution in [0.2, 0.25) is 0 Å². The van der Waals surface area contributed by atoms with Crippen LogP contribution in [0.3, 0.4) is 0 Å². The zero-order valence-corrected chi connectivity index (χ0v) is 11.2. The van der Waals surface area contributed by atoms with Crippen LogP contribution in [0, 0.1) is 0 Å². The number of benzene rings is 1. The van der Waals surface area contributed by atoms with Crippen LogP contribution in [-0.4, -0.2) is 36.8 Å². The molecule has 0 spiro atoms. The number of phenolic OH excluding ortho intramolecular Hbond substituents is 1. The summed E-state index contributed by atoms with van der Waals surface area (Å²) >= 11 is 0. The van der Waals surface area contributed by atoms with E-state index in [9.17, 15) is 5.11 Å². The molecule has 0 heterocycles. The molecule has 96 valence electrons. The van der Waals surface area contributed by atoms with Crippen LogP contribution in [0.4, 0.5) is 0 Å². The second kappa shape index (κ2) is 6.62. The molecule has 0 fully saturated rings. The van der Waals surface area contributed by atoms with Gasteiger partial charge in [-0.1, -0.05) is 25.1 Å². The van der Waals surface area contributed by atoms with Gasteiger partial charge in [-0.3, -0.25) is 4.90 Å². The topological polar surface area (TPSA) is 32.7 Å². The molecule has 0 saturated carbocycles. The molecule has 0 aromatic heterocycles. The van der Waals surface area contributed by atoms with Crippen molar-refractivity contribution in [3.63, 3.8) is 0 Å². The fourth-order valence-corrected chi connectivity index (χ4v) is 2.16. The molecule has 0 bridgehead atoms. The summed E-state index contributed by atoms with van der Waals surface area (Å²) in [6, 6.07) is 8.09. The maximum absolute atomic E-state index is 9.91. The molecule has 3 heteroatoms. The van der Waals surface area contributed by atoms with Gasteiger partial charge in [-0.05, 0) is 26.5 Å². The highest BCUT2D eigenvalue weighted by Crippen LogP contribution is 2.31. The van der Waals surface area contributed by atoms with E-state index in [4.69, 9.17) is 4.74 Å². The zero-order valence-electron chi connectivity index (χ0n) is 11.2. The van der Waals surface area contributed by atoms with Gasteiger partial charge in [0.2, 0.25) is 0 Å². The van der Waals surface area contributed by atoms with Crippen LogP contribution >= 0.6 is 0 Å². The molecular weight excluding hydrogens is 214 g/mol. The molecule has 1 rings (SSSR count). The third-order valence-electron chi connectivity index (χ3n) is 3.28. The van der Waals surface area contributed by atoms with Crippen molar-refractivity contribution in [3.8, 4) is 5.75 Å². The lowest BCUT2D eigenvalue weighted by Gasteiger charge is -2.32. The lowest BCUT2D eigenvalue weighted by Crippen LogP contribution is -2.35. The van der Waals surface area contributed by atoms with Crippen molar-refractivity contribution >= 4 is 0 Å². The van der Waals surface area contributed by atoms with Crippen LogP contribution in [0.25, 0.3) is 0 Å². The van der Waals surface area contributed by atoms with Gasteiger partial charge in [0.15, 0.2) is 0 Å². The monoisotopic (exact) mass is 237 g/mol. The minimum atomic E-state index is 0.223. The Bertz CT molecular complexity index is 341. The summed E-state index contributed by atoms with van der Waals surface area (Å²) in [5.74, 6) is 0.371. The maximum Gasteiger partial charge on any atom is 0.120 e. The van der Waals surface area contributed by atoms with Gasteiger partial charge in [-0.15, -0.1) is 0 Å². The van der Waals surface area contributed by atoms with Gasteiger partial charge < -0.3 is 9.84 Å². The van der Waals surface area contributed by atoms with Gasteiger partial charge in [0.05, 0.1) is 6.61 Å². The van der Waals surface area contributed by atoms with E-state index in [0.717, 1.165) is 12.0 Å². The average Bonchev–Trinajstić information content (AvgIpc) is 2.32. The number of ether oxygens (including phenoxy) is 1. The van der Waals surface area contributed by atoms with E-state index in [1.165, 1.54) is 0 Å². The molecular formula is C14H23NO2. The molecule has 0 amide bonds. The van der Waals surface area contributed by atoms with Crippen molar-refractivity contribution in [2.75, 3.05) is 20.8 Å². The zero-order chi connectivity index (χ0) is 12.8. The van der Waals surface area contributed by atoms with Crippen molar-refractivity contribution < 1.29 is 9.84 Å². The molecule has 0 aliphatic heterocycles. The first-order chi connectivity index (χ1) is 8.11. The Balaban J connectivity index is 2.88. The van der Waals surface area contributed by atoms with Crippen LogP contribution < -0.4 is 0 Å². The Kier molecular flexibility index (Phi) is 5.45. The van der Waals surface area contributed by atoms with Crippen molar-refractivity contribution in [1.82, 2.24) is 4.90 Å². The lowest BCUT2D eigenvalue weighted by molar-refractivity contribution is 0.0866. The molecule has 3 nitrogen and oxygen atoms in total. The Hall–Kier alpha value is -1.06. The molecule has 0 aliphatic carbocycles. The summed E-state index contributed by atoms with van der Waals surface area (Å²) in [6.07, 6.45) is 0.960. The predicted molar refractivity (Wildman–Crippen MR) is 70.2 cm³/mol. The minimum Gasteiger partial charge on any atom is -0.508 e. The highest BCUT2D eigenvalue weighted by Gasteiger charge is 2.21. The molecule has 17 heavy (non-hydrogen) atoms. The van der Waals surface area contributed by atoms with Crippen LogP contribution in [0.1, 0.15) is 31.9 Å². The summed E-state index contributed by atoms with van der Waals surface area (Å²) in [7, 11) is 3.79. The first-order valence-electron chi connectivity index (χ1n) is 6.10. The van der Waals surface area contributed by atoms with Crippen molar-refractivity contribution in [3.05, 3.63) is 29.8 Å². The molecule has 1 aromatic carbocycles. The number of likely N-dealkylation sites (N-methyl/N-ethyl adjacent to an activating group) is 1. The van der Waals surface area contributed by atoms with Gasteiger partial charge >= 0.3 is 0 Å². The maximum atomic E-state index is 9.91. The van der Waals surface area contributed by atoms with Crippen molar-refractivity contribution in [2.24, 2.45) is 0 Å². The van der Waals surface area contributed by atoms with Gasteiger partial charge in [-0.25, -0.2) is 0 Å². The first kappa shape index (κ1) is 14.0. The second-order valence-corrected chi connectivity index (χ2v) is 4.45. The van der Waals surface area contributed by atoms with Gasteiger partial charge in [0.25, 0.3) is 0 Å². The number of phenols is 1.